The van der Waals surface area contributed by atoms with Crippen LogP contribution in [-0.2, 0) is 0 Å². The number of carboxylic acids is 1. The summed E-state index contributed by atoms with van der Waals surface area (Å²) < 4.78 is 10.6. The zero-order chi connectivity index (χ0) is 20.1. The third kappa shape index (κ3) is 3.99. The fourth-order valence-electron chi connectivity index (χ4n) is 2.77. The molecule has 1 aromatic heterocycles. The van der Waals surface area contributed by atoms with E-state index in [-0.39, 0.29) is 10.6 Å². The van der Waals surface area contributed by atoms with E-state index < -0.39 is 11.9 Å². The van der Waals surface area contributed by atoms with Crippen molar-refractivity contribution >= 4 is 28.2 Å². The van der Waals surface area contributed by atoms with Crippen LogP contribution < -0.4 is 14.8 Å². The van der Waals surface area contributed by atoms with Gasteiger partial charge in [-0.1, -0.05) is 24.3 Å². The van der Waals surface area contributed by atoms with Crippen molar-refractivity contribution in [2.24, 2.45) is 0 Å². The molecule has 144 valence electrons. The Balaban J connectivity index is 1.93. The number of nitrogens with one attached hydrogen (secondary N) is 1. The van der Waals surface area contributed by atoms with Crippen molar-refractivity contribution in [3.63, 3.8) is 0 Å². The highest BCUT2D eigenvalue weighted by Gasteiger charge is 2.22. The highest BCUT2D eigenvalue weighted by molar-refractivity contribution is 7.15. The second-order valence-electron chi connectivity index (χ2n) is 5.77. The summed E-state index contributed by atoms with van der Waals surface area (Å²) in [5, 5.41) is 14.4. The van der Waals surface area contributed by atoms with Gasteiger partial charge < -0.3 is 19.9 Å². The van der Waals surface area contributed by atoms with Crippen LogP contribution in [0.1, 0.15) is 27.6 Å². The summed E-state index contributed by atoms with van der Waals surface area (Å²) in [5.41, 5.74) is 1.65. The zero-order valence-corrected chi connectivity index (χ0v) is 16.2. The van der Waals surface area contributed by atoms with Gasteiger partial charge in [0, 0.05) is 10.9 Å². The van der Waals surface area contributed by atoms with Gasteiger partial charge in [-0.25, -0.2) is 4.79 Å². The van der Waals surface area contributed by atoms with E-state index in [2.05, 4.69) is 5.32 Å². The van der Waals surface area contributed by atoms with Crippen LogP contribution in [0.3, 0.4) is 0 Å². The lowest BCUT2D eigenvalue weighted by Crippen LogP contribution is -2.14. The number of aromatic carboxylic acids is 1. The lowest BCUT2D eigenvalue weighted by Gasteiger charge is -2.09. The number of hydrogen-bond donors (Lipinski definition) is 2. The van der Waals surface area contributed by atoms with Crippen LogP contribution in [0.4, 0.5) is 5.00 Å². The number of carbonyl (C=O) groups excluding carboxylic acids is 1. The van der Waals surface area contributed by atoms with Crippen LogP contribution in [0.2, 0.25) is 0 Å². The second-order valence-corrected chi connectivity index (χ2v) is 6.65. The van der Waals surface area contributed by atoms with E-state index in [0.29, 0.717) is 29.2 Å². The Morgan fingerprint density at radius 3 is 2.46 bits per heavy atom. The standard InChI is InChI=1S/C21H19NO5S/c1-3-27-14-10-8-13(9-11-14)16-12-28-20(18(16)21(24)25)22-19(23)15-6-4-5-7-17(15)26-2/h4-12H,3H2,1-2H3,(H,22,23)(H,24,25). The summed E-state index contributed by atoms with van der Waals surface area (Å²) >= 11 is 1.17. The van der Waals surface area contributed by atoms with Gasteiger partial charge in [0.05, 0.1) is 19.3 Å². The Morgan fingerprint density at radius 2 is 1.82 bits per heavy atom. The third-order valence-corrected chi connectivity index (χ3v) is 4.96. The average Bonchev–Trinajstić information content (AvgIpc) is 3.12. The number of hydrogen-bond acceptors (Lipinski definition) is 5. The van der Waals surface area contributed by atoms with Crippen LogP contribution >= 0.6 is 11.3 Å². The van der Waals surface area contributed by atoms with E-state index in [1.807, 2.05) is 6.92 Å². The van der Waals surface area contributed by atoms with Gasteiger partial charge in [-0.3, -0.25) is 4.79 Å². The number of benzene rings is 2. The molecule has 0 aliphatic carbocycles. The van der Waals surface area contributed by atoms with Gasteiger partial charge >= 0.3 is 5.97 Å². The molecule has 28 heavy (non-hydrogen) atoms. The molecule has 2 aromatic carbocycles. The first-order chi connectivity index (χ1) is 13.5. The van der Waals surface area contributed by atoms with Gasteiger partial charge in [0.25, 0.3) is 5.91 Å². The van der Waals surface area contributed by atoms with Crippen LogP contribution in [-0.4, -0.2) is 30.7 Å². The molecule has 7 heteroatoms. The molecular weight excluding hydrogens is 378 g/mol. The van der Waals surface area contributed by atoms with Gasteiger partial charge in [-0.2, -0.15) is 0 Å². The fraction of sp³-hybridized carbons (Fsp3) is 0.143. The number of carbonyl (C=O) groups is 2. The lowest BCUT2D eigenvalue weighted by atomic mass is 10.0. The molecule has 0 bridgehead atoms. The molecule has 1 amide bonds. The van der Waals surface area contributed by atoms with Crippen molar-refractivity contribution in [2.45, 2.75) is 6.92 Å². The fourth-order valence-corrected chi connectivity index (χ4v) is 3.73. The van der Waals surface area contributed by atoms with Gasteiger partial charge in [0.1, 0.15) is 22.1 Å². The molecule has 3 rings (SSSR count). The first kappa shape index (κ1) is 19.4. The number of rotatable bonds is 7. The minimum absolute atomic E-state index is 0.0532. The predicted octanol–water partition coefficient (Wildman–Crippen LogP) is 4.77. The highest BCUT2D eigenvalue weighted by atomic mass is 32.1. The van der Waals surface area contributed by atoms with Crippen LogP contribution in [0.5, 0.6) is 11.5 Å². The molecule has 2 N–H and O–H groups in total. The number of para-hydroxylation sites is 1. The molecule has 6 nitrogen and oxygen atoms in total. The van der Waals surface area contributed by atoms with Crippen LogP contribution in [0.15, 0.2) is 53.9 Å². The maximum atomic E-state index is 12.6. The van der Waals surface area contributed by atoms with Crippen molar-refractivity contribution in [2.75, 3.05) is 19.0 Å². The summed E-state index contributed by atoms with van der Waals surface area (Å²) in [5.74, 6) is -0.413. The van der Waals surface area contributed by atoms with E-state index in [1.165, 1.54) is 18.4 Å². The molecule has 0 atom stereocenters. The van der Waals surface area contributed by atoms with Crippen molar-refractivity contribution in [1.29, 1.82) is 0 Å². The Labute approximate surface area is 166 Å². The normalized spacial score (nSPS) is 10.4. The smallest absolute Gasteiger partial charge is 0.339 e. The molecule has 0 radical (unpaired) electrons. The number of methoxy groups -OCH3 is 1. The number of amides is 1. The van der Waals surface area contributed by atoms with Gasteiger partial charge in [0.15, 0.2) is 0 Å². The quantitative estimate of drug-likeness (QED) is 0.600. The summed E-state index contributed by atoms with van der Waals surface area (Å²) in [6.45, 7) is 2.45. The molecular formula is C21H19NO5S. The van der Waals surface area contributed by atoms with Crippen molar-refractivity contribution < 1.29 is 24.2 Å². The Hall–Kier alpha value is -3.32. The minimum atomic E-state index is -1.11. The van der Waals surface area contributed by atoms with E-state index >= 15 is 0 Å². The monoisotopic (exact) mass is 397 g/mol. The number of anilines is 1. The first-order valence-corrected chi connectivity index (χ1v) is 9.45. The molecule has 0 saturated carbocycles. The summed E-state index contributed by atoms with van der Waals surface area (Å²) in [7, 11) is 1.48. The molecule has 0 fully saturated rings. The molecule has 3 aromatic rings. The number of ether oxygens (including phenoxy) is 2. The highest BCUT2D eigenvalue weighted by Crippen LogP contribution is 2.36. The second kappa shape index (κ2) is 8.58. The molecule has 0 spiro atoms. The minimum Gasteiger partial charge on any atom is -0.496 e. The van der Waals surface area contributed by atoms with Gasteiger partial charge in [0.2, 0.25) is 0 Å². The SMILES string of the molecule is CCOc1ccc(-c2csc(NC(=O)c3ccccc3OC)c2C(=O)O)cc1. The van der Waals surface area contributed by atoms with E-state index in [9.17, 15) is 14.7 Å². The Bertz CT molecular complexity index is 994. The van der Waals surface area contributed by atoms with Gasteiger partial charge in [-0.15, -0.1) is 11.3 Å². The summed E-state index contributed by atoms with van der Waals surface area (Å²) in [6, 6.07) is 13.9. The molecule has 0 saturated heterocycles. The zero-order valence-electron chi connectivity index (χ0n) is 15.4. The lowest BCUT2D eigenvalue weighted by molar-refractivity contribution is 0.0699. The molecule has 0 aliphatic rings. The third-order valence-electron chi connectivity index (χ3n) is 4.06. The first-order valence-electron chi connectivity index (χ1n) is 8.57. The predicted molar refractivity (Wildman–Crippen MR) is 109 cm³/mol. The topological polar surface area (TPSA) is 84.9 Å². The van der Waals surface area contributed by atoms with E-state index in [0.717, 1.165) is 5.56 Å². The molecule has 0 aliphatic heterocycles. The van der Waals surface area contributed by atoms with Gasteiger partial charge in [-0.05, 0) is 36.8 Å². The summed E-state index contributed by atoms with van der Waals surface area (Å²) in [4.78, 5) is 24.5. The van der Waals surface area contributed by atoms with Crippen LogP contribution in [0, 0.1) is 0 Å². The van der Waals surface area contributed by atoms with Crippen molar-refractivity contribution in [1.82, 2.24) is 0 Å². The van der Waals surface area contributed by atoms with E-state index in [4.69, 9.17) is 9.47 Å². The van der Waals surface area contributed by atoms with E-state index in [1.54, 1.807) is 53.9 Å². The maximum Gasteiger partial charge on any atom is 0.339 e. The molecule has 0 unspecified atom stereocenters. The Morgan fingerprint density at radius 1 is 1.11 bits per heavy atom. The number of carboxylic acid groups (broad SMARTS) is 1. The molecule has 1 heterocycles. The van der Waals surface area contributed by atoms with Crippen molar-refractivity contribution in [3.05, 3.63) is 65.0 Å². The Kier molecular flexibility index (Phi) is 5.96. The summed E-state index contributed by atoms with van der Waals surface area (Å²) in [6.07, 6.45) is 0. The maximum absolute atomic E-state index is 12.6. The van der Waals surface area contributed by atoms with Crippen molar-refractivity contribution in [3.8, 4) is 22.6 Å². The van der Waals surface area contributed by atoms with Crippen LogP contribution in [0.25, 0.3) is 11.1 Å². The average molecular weight is 397 g/mol. The number of thiophene rings is 1. The largest absolute Gasteiger partial charge is 0.496 e.